The van der Waals surface area contributed by atoms with Gasteiger partial charge in [-0.15, -0.1) is 0 Å². The Bertz CT molecular complexity index is 678. The molecule has 0 heterocycles. The molecule has 0 aromatic heterocycles. The Hall–Kier alpha value is -2.29. The van der Waals surface area contributed by atoms with Gasteiger partial charge < -0.3 is 9.84 Å². The van der Waals surface area contributed by atoms with E-state index < -0.39 is 11.4 Å². The van der Waals surface area contributed by atoms with E-state index in [-0.39, 0.29) is 5.92 Å². The van der Waals surface area contributed by atoms with Crippen LogP contribution in [-0.2, 0) is 11.2 Å². The molecule has 1 N–H and O–H groups in total. The van der Waals surface area contributed by atoms with Crippen LogP contribution < -0.4 is 4.74 Å². The van der Waals surface area contributed by atoms with E-state index in [2.05, 4.69) is 0 Å². The van der Waals surface area contributed by atoms with Crippen molar-refractivity contribution in [3.8, 4) is 5.75 Å². The van der Waals surface area contributed by atoms with Gasteiger partial charge in [0.05, 0.1) is 12.5 Å². The van der Waals surface area contributed by atoms with Crippen LogP contribution in [0.25, 0.3) is 0 Å². The van der Waals surface area contributed by atoms with E-state index in [4.69, 9.17) is 4.74 Å². The molecule has 0 spiro atoms. The molecule has 0 unspecified atom stereocenters. The lowest BCUT2D eigenvalue weighted by Crippen LogP contribution is -2.32. The molecule has 21 heavy (non-hydrogen) atoms. The largest absolute Gasteiger partial charge is 0.497 e. The molecule has 2 aromatic carbocycles. The number of carboxylic acids is 1. The van der Waals surface area contributed by atoms with Crippen LogP contribution in [0.4, 0.5) is 0 Å². The lowest BCUT2D eigenvalue weighted by Gasteiger charge is -2.28. The number of methoxy groups -OCH3 is 1. The Balaban J connectivity index is 2.19. The van der Waals surface area contributed by atoms with E-state index >= 15 is 0 Å². The topological polar surface area (TPSA) is 46.5 Å². The maximum atomic E-state index is 11.9. The summed E-state index contributed by atoms with van der Waals surface area (Å²) in [7, 11) is 1.63. The van der Waals surface area contributed by atoms with Crippen LogP contribution in [0.5, 0.6) is 5.75 Å². The van der Waals surface area contributed by atoms with Gasteiger partial charge in [-0.2, -0.15) is 0 Å². The van der Waals surface area contributed by atoms with Crippen molar-refractivity contribution in [2.24, 2.45) is 5.41 Å². The van der Waals surface area contributed by atoms with Gasteiger partial charge in [-0.05, 0) is 42.2 Å². The second-order valence-electron chi connectivity index (χ2n) is 5.81. The third-order valence-electron chi connectivity index (χ3n) is 4.48. The van der Waals surface area contributed by atoms with E-state index in [1.54, 1.807) is 7.11 Å². The fourth-order valence-corrected chi connectivity index (χ4v) is 3.36. The molecule has 0 saturated heterocycles. The molecule has 3 heteroatoms. The number of carbonyl (C=O) groups is 1. The average molecular weight is 282 g/mol. The summed E-state index contributed by atoms with van der Waals surface area (Å²) in [6, 6.07) is 15.7. The van der Waals surface area contributed by atoms with Crippen molar-refractivity contribution >= 4 is 5.97 Å². The molecule has 1 aliphatic carbocycles. The first-order chi connectivity index (χ1) is 10.1. The highest BCUT2D eigenvalue weighted by Gasteiger charge is 2.49. The quantitative estimate of drug-likeness (QED) is 0.937. The van der Waals surface area contributed by atoms with Gasteiger partial charge in [0, 0.05) is 5.92 Å². The number of carboxylic acid groups (broad SMARTS) is 1. The number of rotatable bonds is 3. The van der Waals surface area contributed by atoms with Gasteiger partial charge in [0.2, 0.25) is 0 Å². The minimum atomic E-state index is -0.823. The zero-order valence-electron chi connectivity index (χ0n) is 12.2. The van der Waals surface area contributed by atoms with E-state index in [1.165, 1.54) is 0 Å². The summed E-state index contributed by atoms with van der Waals surface area (Å²) in [5.74, 6) is -0.142. The average Bonchev–Trinajstić information content (AvgIpc) is 2.80. The summed E-state index contributed by atoms with van der Waals surface area (Å²) in [6.07, 6.45) is 0.543. The molecule has 2 aromatic rings. The summed E-state index contributed by atoms with van der Waals surface area (Å²) in [6.45, 7) is 1.83. The number of hydrogen-bond donors (Lipinski definition) is 1. The maximum Gasteiger partial charge on any atom is 0.310 e. The van der Waals surface area contributed by atoms with Crippen molar-refractivity contribution in [3.05, 3.63) is 65.2 Å². The standard InChI is InChI=1S/C18H18O3/c1-18(17(19)20)11-13-8-9-14(21-2)10-15(13)16(18)12-6-4-3-5-7-12/h3-10,16H,11H2,1-2H3,(H,19,20)/t16-,18-/m0/s1. The van der Waals surface area contributed by atoms with Crippen LogP contribution in [0.1, 0.15) is 29.5 Å². The van der Waals surface area contributed by atoms with Gasteiger partial charge in [0.25, 0.3) is 0 Å². The second kappa shape index (κ2) is 4.92. The Labute approximate surface area is 124 Å². The van der Waals surface area contributed by atoms with Crippen LogP contribution in [0.3, 0.4) is 0 Å². The number of ether oxygens (including phenoxy) is 1. The number of fused-ring (bicyclic) bond motifs is 1. The molecule has 1 aliphatic rings. The number of aliphatic carboxylic acids is 1. The zero-order valence-corrected chi connectivity index (χ0v) is 12.2. The van der Waals surface area contributed by atoms with Crippen LogP contribution >= 0.6 is 0 Å². The van der Waals surface area contributed by atoms with Crippen molar-refractivity contribution in [1.82, 2.24) is 0 Å². The molecule has 0 radical (unpaired) electrons. The van der Waals surface area contributed by atoms with Gasteiger partial charge >= 0.3 is 5.97 Å². The van der Waals surface area contributed by atoms with Gasteiger partial charge in [-0.1, -0.05) is 36.4 Å². The van der Waals surface area contributed by atoms with Crippen molar-refractivity contribution in [3.63, 3.8) is 0 Å². The maximum absolute atomic E-state index is 11.9. The minimum absolute atomic E-state index is 0.152. The summed E-state index contributed by atoms with van der Waals surface area (Å²) in [5, 5.41) is 9.77. The van der Waals surface area contributed by atoms with Gasteiger partial charge in [0.1, 0.15) is 5.75 Å². The third kappa shape index (κ3) is 2.09. The van der Waals surface area contributed by atoms with Crippen LogP contribution in [-0.4, -0.2) is 18.2 Å². The highest BCUT2D eigenvalue weighted by molar-refractivity contribution is 5.79. The molecular weight excluding hydrogens is 264 g/mol. The molecule has 0 saturated carbocycles. The summed E-state index contributed by atoms with van der Waals surface area (Å²) >= 11 is 0. The number of benzene rings is 2. The SMILES string of the molecule is COc1ccc2c(c1)[C@H](c1ccccc1)[C@@](C)(C(=O)O)C2. The fraction of sp³-hybridized carbons (Fsp3) is 0.278. The van der Waals surface area contributed by atoms with Gasteiger partial charge in [0.15, 0.2) is 0 Å². The van der Waals surface area contributed by atoms with Crippen molar-refractivity contribution in [2.75, 3.05) is 7.11 Å². The summed E-state index contributed by atoms with van der Waals surface area (Å²) in [4.78, 5) is 11.9. The molecular formula is C18H18O3. The van der Waals surface area contributed by atoms with Crippen LogP contribution in [0, 0.1) is 5.41 Å². The highest BCUT2D eigenvalue weighted by Crippen LogP contribution is 2.51. The monoisotopic (exact) mass is 282 g/mol. The molecule has 108 valence electrons. The second-order valence-corrected chi connectivity index (χ2v) is 5.81. The van der Waals surface area contributed by atoms with Crippen LogP contribution in [0.2, 0.25) is 0 Å². The molecule has 2 atom stereocenters. The van der Waals surface area contributed by atoms with Crippen LogP contribution in [0.15, 0.2) is 48.5 Å². The molecule has 0 bridgehead atoms. The molecule has 3 nitrogen and oxygen atoms in total. The third-order valence-corrected chi connectivity index (χ3v) is 4.48. The predicted octanol–water partition coefficient (Wildman–Crippen LogP) is 3.47. The van der Waals surface area contributed by atoms with Gasteiger partial charge in [-0.25, -0.2) is 0 Å². The van der Waals surface area contributed by atoms with E-state index in [0.717, 1.165) is 22.4 Å². The van der Waals surface area contributed by atoms with E-state index in [0.29, 0.717) is 6.42 Å². The summed E-state index contributed by atoms with van der Waals surface area (Å²) < 4.78 is 5.30. The smallest absolute Gasteiger partial charge is 0.310 e. The first kappa shape index (κ1) is 13.7. The lowest BCUT2D eigenvalue weighted by atomic mass is 9.74. The fourth-order valence-electron chi connectivity index (χ4n) is 3.36. The normalized spacial score (nSPS) is 23.6. The Kier molecular flexibility index (Phi) is 3.20. The van der Waals surface area contributed by atoms with Gasteiger partial charge in [-0.3, -0.25) is 4.79 Å². The van der Waals surface area contributed by atoms with E-state index in [1.807, 2.05) is 55.5 Å². The molecule has 0 aliphatic heterocycles. The molecule has 0 amide bonds. The zero-order chi connectivity index (χ0) is 15.0. The minimum Gasteiger partial charge on any atom is -0.497 e. The Morgan fingerprint density at radius 3 is 2.57 bits per heavy atom. The first-order valence-electron chi connectivity index (χ1n) is 7.01. The van der Waals surface area contributed by atoms with Crippen molar-refractivity contribution < 1.29 is 14.6 Å². The summed E-state index contributed by atoms with van der Waals surface area (Å²) in [5.41, 5.74) is 2.37. The Morgan fingerprint density at radius 1 is 1.24 bits per heavy atom. The van der Waals surface area contributed by atoms with Crippen molar-refractivity contribution in [2.45, 2.75) is 19.3 Å². The predicted molar refractivity (Wildman–Crippen MR) is 80.7 cm³/mol. The number of hydrogen-bond acceptors (Lipinski definition) is 2. The molecule has 3 rings (SSSR count). The van der Waals surface area contributed by atoms with Crippen molar-refractivity contribution in [1.29, 1.82) is 0 Å². The van der Waals surface area contributed by atoms with E-state index in [9.17, 15) is 9.90 Å². The first-order valence-corrected chi connectivity index (χ1v) is 7.01. The Morgan fingerprint density at radius 2 is 1.95 bits per heavy atom. The molecule has 0 fully saturated rings. The lowest BCUT2D eigenvalue weighted by molar-refractivity contribution is -0.148. The highest BCUT2D eigenvalue weighted by atomic mass is 16.5.